The summed E-state index contributed by atoms with van der Waals surface area (Å²) in [7, 11) is 0. The van der Waals surface area contributed by atoms with Crippen LogP contribution in [0.5, 0.6) is 0 Å². The van der Waals surface area contributed by atoms with Crippen molar-refractivity contribution in [1.82, 2.24) is 10.8 Å². The van der Waals surface area contributed by atoms with E-state index in [0.717, 1.165) is 45.1 Å². The fraction of sp³-hybridized carbons (Fsp3) is 0.857. The van der Waals surface area contributed by atoms with Gasteiger partial charge in [0.1, 0.15) is 0 Å². The number of unbranched alkanes of at least 4 members (excludes halogenated alkanes) is 3. The van der Waals surface area contributed by atoms with E-state index in [0.29, 0.717) is 6.42 Å². The summed E-state index contributed by atoms with van der Waals surface area (Å²) in [6, 6.07) is 0. The molecular weight excluding hydrogens is 244 g/mol. The fourth-order valence-electron chi connectivity index (χ4n) is 2.54. The highest BCUT2D eigenvalue weighted by Gasteiger charge is 2.20. The molecule has 2 amide bonds. The van der Waals surface area contributed by atoms with Crippen molar-refractivity contribution in [3.8, 4) is 0 Å². The zero-order chi connectivity index (χ0) is 13.9. The first-order chi connectivity index (χ1) is 9.24. The number of rotatable bonds is 8. The van der Waals surface area contributed by atoms with E-state index in [9.17, 15) is 9.59 Å². The summed E-state index contributed by atoms with van der Waals surface area (Å²) in [6.45, 7) is 0.738. The van der Waals surface area contributed by atoms with Gasteiger partial charge in [-0.3, -0.25) is 14.8 Å². The van der Waals surface area contributed by atoms with E-state index in [1.807, 2.05) is 0 Å². The summed E-state index contributed by atoms with van der Waals surface area (Å²) in [4.78, 5) is 22.6. The Balaban J connectivity index is 1.92. The van der Waals surface area contributed by atoms with Crippen molar-refractivity contribution < 1.29 is 14.8 Å². The highest BCUT2D eigenvalue weighted by atomic mass is 16.5. The Morgan fingerprint density at radius 3 is 2.37 bits per heavy atom. The van der Waals surface area contributed by atoms with Crippen molar-refractivity contribution in [3.05, 3.63) is 0 Å². The molecule has 19 heavy (non-hydrogen) atoms. The lowest BCUT2D eigenvalue weighted by molar-refractivity contribution is -0.129. The molecule has 1 aliphatic rings. The molecule has 0 atom stereocenters. The molecule has 5 nitrogen and oxygen atoms in total. The summed E-state index contributed by atoms with van der Waals surface area (Å²) in [5.41, 5.74) is 1.62. The Labute approximate surface area is 115 Å². The summed E-state index contributed by atoms with van der Waals surface area (Å²) < 4.78 is 0. The molecule has 0 radical (unpaired) electrons. The molecule has 3 N–H and O–H groups in total. The SMILES string of the molecule is O=C(CCCCCCNC(=O)C1CCCCC1)NO. The van der Waals surface area contributed by atoms with Crippen LogP contribution in [-0.2, 0) is 9.59 Å². The number of amides is 2. The van der Waals surface area contributed by atoms with Crippen LogP contribution in [-0.4, -0.2) is 23.6 Å². The third-order valence-corrected chi connectivity index (χ3v) is 3.73. The quantitative estimate of drug-likeness (QED) is 0.359. The average Bonchev–Trinajstić information content (AvgIpc) is 2.46. The van der Waals surface area contributed by atoms with E-state index < -0.39 is 0 Å². The van der Waals surface area contributed by atoms with Crippen LogP contribution >= 0.6 is 0 Å². The number of hydrogen-bond acceptors (Lipinski definition) is 3. The Morgan fingerprint density at radius 2 is 1.68 bits per heavy atom. The van der Waals surface area contributed by atoms with E-state index in [4.69, 9.17) is 5.21 Å². The molecule has 0 aromatic rings. The molecule has 5 heteroatoms. The van der Waals surface area contributed by atoms with Crippen LogP contribution in [0.15, 0.2) is 0 Å². The largest absolute Gasteiger partial charge is 0.356 e. The molecule has 0 unspecified atom stereocenters. The maximum absolute atomic E-state index is 11.8. The van der Waals surface area contributed by atoms with Gasteiger partial charge in [-0.2, -0.15) is 0 Å². The number of hydrogen-bond donors (Lipinski definition) is 3. The predicted molar refractivity (Wildman–Crippen MR) is 72.6 cm³/mol. The third kappa shape index (κ3) is 7.15. The second-order valence-electron chi connectivity index (χ2n) is 5.33. The lowest BCUT2D eigenvalue weighted by atomic mass is 9.89. The van der Waals surface area contributed by atoms with Crippen molar-refractivity contribution in [2.24, 2.45) is 5.92 Å². The molecule has 0 aliphatic heterocycles. The van der Waals surface area contributed by atoms with Crippen molar-refractivity contribution in [3.63, 3.8) is 0 Å². The van der Waals surface area contributed by atoms with Gasteiger partial charge in [0, 0.05) is 18.9 Å². The van der Waals surface area contributed by atoms with Gasteiger partial charge in [0.15, 0.2) is 0 Å². The van der Waals surface area contributed by atoms with Crippen LogP contribution in [0.2, 0.25) is 0 Å². The second kappa shape index (κ2) is 9.78. The van der Waals surface area contributed by atoms with Crippen molar-refractivity contribution in [2.75, 3.05) is 6.54 Å². The Hall–Kier alpha value is -1.10. The Kier molecular flexibility index (Phi) is 8.21. The first-order valence-electron chi connectivity index (χ1n) is 7.44. The second-order valence-corrected chi connectivity index (χ2v) is 5.33. The first kappa shape index (κ1) is 16.0. The molecule has 0 bridgehead atoms. The summed E-state index contributed by atoms with van der Waals surface area (Å²) >= 11 is 0. The molecular formula is C14H26N2O3. The van der Waals surface area contributed by atoms with Crippen LogP contribution in [0.25, 0.3) is 0 Å². The standard InChI is InChI=1S/C14H26N2O3/c17-13(16-19)10-6-1-2-7-11-15-14(18)12-8-4-3-5-9-12/h12,19H,1-11H2,(H,15,18)(H,16,17). The van der Waals surface area contributed by atoms with Gasteiger partial charge in [-0.1, -0.05) is 32.1 Å². The van der Waals surface area contributed by atoms with Crippen LogP contribution in [0.4, 0.5) is 0 Å². The van der Waals surface area contributed by atoms with Gasteiger partial charge >= 0.3 is 0 Å². The molecule has 0 heterocycles. The van der Waals surface area contributed by atoms with Crippen LogP contribution in [0.3, 0.4) is 0 Å². The molecule has 0 aromatic carbocycles. The zero-order valence-electron chi connectivity index (χ0n) is 11.6. The molecule has 1 rings (SSSR count). The van der Waals surface area contributed by atoms with E-state index in [2.05, 4.69) is 5.32 Å². The molecule has 0 spiro atoms. The predicted octanol–water partition coefficient (Wildman–Crippen LogP) is 2.14. The summed E-state index contributed by atoms with van der Waals surface area (Å²) in [5.74, 6) is 0.131. The average molecular weight is 270 g/mol. The van der Waals surface area contributed by atoms with Crippen LogP contribution < -0.4 is 10.8 Å². The normalized spacial score (nSPS) is 16.1. The highest BCUT2D eigenvalue weighted by molar-refractivity contribution is 5.78. The minimum atomic E-state index is -0.328. The number of carbonyl (C=O) groups is 2. The van der Waals surface area contributed by atoms with E-state index in [1.54, 1.807) is 5.48 Å². The zero-order valence-corrected chi connectivity index (χ0v) is 11.6. The van der Waals surface area contributed by atoms with Gasteiger partial charge in [-0.05, 0) is 25.7 Å². The lowest BCUT2D eigenvalue weighted by Gasteiger charge is -2.20. The topological polar surface area (TPSA) is 78.4 Å². The molecule has 110 valence electrons. The van der Waals surface area contributed by atoms with Crippen molar-refractivity contribution in [1.29, 1.82) is 0 Å². The first-order valence-corrected chi connectivity index (χ1v) is 7.44. The van der Waals surface area contributed by atoms with Gasteiger partial charge in [-0.15, -0.1) is 0 Å². The van der Waals surface area contributed by atoms with Crippen LogP contribution in [0, 0.1) is 5.92 Å². The highest BCUT2D eigenvalue weighted by Crippen LogP contribution is 2.23. The lowest BCUT2D eigenvalue weighted by Crippen LogP contribution is -2.32. The molecule has 1 aliphatic carbocycles. The van der Waals surface area contributed by atoms with Crippen molar-refractivity contribution in [2.45, 2.75) is 64.2 Å². The van der Waals surface area contributed by atoms with Gasteiger partial charge in [-0.25, -0.2) is 5.48 Å². The summed E-state index contributed by atoms with van der Waals surface area (Å²) in [6.07, 6.45) is 9.79. The number of hydroxylamine groups is 1. The van der Waals surface area contributed by atoms with Gasteiger partial charge in [0.2, 0.25) is 11.8 Å². The molecule has 1 saturated carbocycles. The summed E-state index contributed by atoms with van der Waals surface area (Å²) in [5, 5.41) is 11.3. The van der Waals surface area contributed by atoms with Gasteiger partial charge in [0.05, 0.1) is 0 Å². The fourth-order valence-corrected chi connectivity index (χ4v) is 2.54. The smallest absolute Gasteiger partial charge is 0.243 e. The minimum Gasteiger partial charge on any atom is -0.356 e. The van der Waals surface area contributed by atoms with E-state index in [1.165, 1.54) is 19.3 Å². The van der Waals surface area contributed by atoms with Crippen molar-refractivity contribution >= 4 is 11.8 Å². The van der Waals surface area contributed by atoms with Gasteiger partial charge in [0.25, 0.3) is 0 Å². The third-order valence-electron chi connectivity index (χ3n) is 3.73. The maximum atomic E-state index is 11.8. The van der Waals surface area contributed by atoms with E-state index >= 15 is 0 Å². The Bertz CT molecular complexity index is 276. The minimum absolute atomic E-state index is 0.222. The Morgan fingerprint density at radius 1 is 1.00 bits per heavy atom. The van der Waals surface area contributed by atoms with Crippen LogP contribution in [0.1, 0.15) is 64.2 Å². The molecule has 0 aromatic heterocycles. The van der Waals surface area contributed by atoms with E-state index in [-0.39, 0.29) is 17.7 Å². The van der Waals surface area contributed by atoms with Gasteiger partial charge < -0.3 is 5.32 Å². The monoisotopic (exact) mass is 270 g/mol. The maximum Gasteiger partial charge on any atom is 0.243 e. The number of nitrogens with one attached hydrogen (secondary N) is 2. The molecule has 1 fully saturated rings. The molecule has 0 saturated heterocycles. The number of carbonyl (C=O) groups excluding carboxylic acids is 2.